The van der Waals surface area contributed by atoms with E-state index in [2.05, 4.69) is 23.5 Å². The van der Waals surface area contributed by atoms with Gasteiger partial charge in [0.2, 0.25) is 0 Å². The van der Waals surface area contributed by atoms with Crippen molar-refractivity contribution in [2.24, 2.45) is 0 Å². The lowest BCUT2D eigenvalue weighted by molar-refractivity contribution is -0.384. The predicted molar refractivity (Wildman–Crippen MR) is 79.9 cm³/mol. The van der Waals surface area contributed by atoms with Gasteiger partial charge in [-0.15, -0.1) is 0 Å². The van der Waals surface area contributed by atoms with Gasteiger partial charge in [-0.05, 0) is 31.4 Å². The number of fused-ring (bicyclic) bond motifs is 1. The van der Waals surface area contributed by atoms with Gasteiger partial charge in [0.15, 0.2) is 0 Å². The van der Waals surface area contributed by atoms with Crippen molar-refractivity contribution in [1.29, 1.82) is 0 Å². The summed E-state index contributed by atoms with van der Waals surface area (Å²) < 4.78 is 0. The number of hydrogen-bond acceptors (Lipinski definition) is 5. The van der Waals surface area contributed by atoms with Crippen molar-refractivity contribution in [3.05, 3.63) is 40.4 Å². The van der Waals surface area contributed by atoms with Crippen molar-refractivity contribution < 1.29 is 4.92 Å². The molecule has 0 saturated heterocycles. The van der Waals surface area contributed by atoms with E-state index >= 15 is 0 Å². The van der Waals surface area contributed by atoms with Crippen LogP contribution >= 0.6 is 11.8 Å². The number of nitro groups is 1. The number of hydrogen-bond donors (Lipinski definition) is 1. The Morgan fingerprint density at radius 3 is 2.89 bits per heavy atom. The standard InChI is InChI=1S/C13H15N3O2S/c1-9(8-19-2)14-13-6-3-10-7-11(16(17)18)4-5-12(10)15-13/h3-7,9H,8H2,1-2H3,(H,14,15). The van der Waals surface area contributed by atoms with Crippen LogP contribution in [-0.4, -0.2) is 28.0 Å². The number of thioether (sulfide) groups is 1. The fourth-order valence-corrected chi connectivity index (χ4v) is 2.43. The van der Waals surface area contributed by atoms with Crippen LogP contribution in [0.25, 0.3) is 10.9 Å². The average Bonchev–Trinajstić information content (AvgIpc) is 2.38. The number of pyridine rings is 1. The fourth-order valence-electron chi connectivity index (χ4n) is 1.85. The summed E-state index contributed by atoms with van der Waals surface area (Å²) in [6.07, 6.45) is 2.06. The topological polar surface area (TPSA) is 68.1 Å². The Morgan fingerprint density at radius 2 is 2.21 bits per heavy atom. The van der Waals surface area contributed by atoms with Gasteiger partial charge in [0.1, 0.15) is 5.82 Å². The lowest BCUT2D eigenvalue weighted by atomic mass is 10.2. The number of non-ortho nitro benzene ring substituents is 1. The van der Waals surface area contributed by atoms with Crippen LogP contribution in [-0.2, 0) is 0 Å². The Balaban J connectivity index is 2.26. The van der Waals surface area contributed by atoms with Crippen molar-refractivity contribution >= 4 is 34.2 Å². The second-order valence-electron chi connectivity index (χ2n) is 4.33. The first kappa shape index (κ1) is 13.6. The van der Waals surface area contributed by atoms with Crippen LogP contribution in [0.3, 0.4) is 0 Å². The highest BCUT2D eigenvalue weighted by atomic mass is 32.2. The molecule has 19 heavy (non-hydrogen) atoms. The first-order chi connectivity index (χ1) is 9.10. The molecule has 0 aliphatic carbocycles. The largest absolute Gasteiger partial charge is 0.367 e. The molecule has 0 fully saturated rings. The quantitative estimate of drug-likeness (QED) is 0.670. The number of nitrogens with one attached hydrogen (secondary N) is 1. The summed E-state index contributed by atoms with van der Waals surface area (Å²) in [5.74, 6) is 1.79. The van der Waals surface area contributed by atoms with E-state index in [1.807, 2.05) is 12.1 Å². The van der Waals surface area contributed by atoms with Crippen LogP contribution in [0.4, 0.5) is 11.5 Å². The zero-order chi connectivity index (χ0) is 13.8. The molecule has 0 bridgehead atoms. The molecule has 6 heteroatoms. The number of nitrogens with zero attached hydrogens (tertiary/aromatic N) is 2. The minimum atomic E-state index is -0.397. The summed E-state index contributed by atoms with van der Waals surface area (Å²) in [4.78, 5) is 14.8. The molecule has 0 amide bonds. The molecule has 1 N–H and O–H groups in total. The third-order valence-corrected chi connectivity index (χ3v) is 3.53. The minimum Gasteiger partial charge on any atom is -0.367 e. The fraction of sp³-hybridized carbons (Fsp3) is 0.308. The third-order valence-electron chi connectivity index (χ3n) is 2.69. The smallest absolute Gasteiger partial charge is 0.270 e. The summed E-state index contributed by atoms with van der Waals surface area (Å²) in [6, 6.07) is 8.73. The molecule has 0 aliphatic rings. The van der Waals surface area contributed by atoms with Crippen molar-refractivity contribution in [3.63, 3.8) is 0 Å². The summed E-state index contributed by atoms with van der Waals surface area (Å²) in [5, 5.41) is 14.8. The second-order valence-corrected chi connectivity index (χ2v) is 5.24. The zero-order valence-electron chi connectivity index (χ0n) is 10.8. The first-order valence-corrected chi connectivity index (χ1v) is 7.30. The molecule has 5 nitrogen and oxygen atoms in total. The van der Waals surface area contributed by atoms with E-state index in [1.165, 1.54) is 12.1 Å². The molecule has 1 heterocycles. The second kappa shape index (κ2) is 5.88. The van der Waals surface area contributed by atoms with Gasteiger partial charge in [-0.1, -0.05) is 0 Å². The van der Waals surface area contributed by atoms with Gasteiger partial charge in [0.05, 0.1) is 10.4 Å². The Morgan fingerprint density at radius 1 is 1.42 bits per heavy atom. The maximum Gasteiger partial charge on any atom is 0.270 e. The van der Waals surface area contributed by atoms with E-state index in [9.17, 15) is 10.1 Å². The van der Waals surface area contributed by atoms with Gasteiger partial charge in [-0.3, -0.25) is 10.1 Å². The molecule has 0 spiro atoms. The highest BCUT2D eigenvalue weighted by Crippen LogP contribution is 2.21. The van der Waals surface area contributed by atoms with E-state index in [0.717, 1.165) is 22.5 Å². The van der Waals surface area contributed by atoms with Crippen molar-refractivity contribution in [2.45, 2.75) is 13.0 Å². The number of anilines is 1. The summed E-state index contributed by atoms with van der Waals surface area (Å²) in [5.41, 5.74) is 0.845. The lowest BCUT2D eigenvalue weighted by Gasteiger charge is -2.13. The van der Waals surface area contributed by atoms with Gasteiger partial charge in [0, 0.05) is 29.3 Å². The number of nitro benzene ring substituents is 1. The molecule has 1 aromatic heterocycles. The van der Waals surface area contributed by atoms with Crippen LogP contribution in [0.2, 0.25) is 0 Å². The highest BCUT2D eigenvalue weighted by molar-refractivity contribution is 7.98. The SMILES string of the molecule is CSCC(C)Nc1ccc2cc([N+](=O)[O-])ccc2n1. The van der Waals surface area contributed by atoms with Gasteiger partial charge in [-0.2, -0.15) is 11.8 Å². The normalized spacial score (nSPS) is 12.3. The Kier molecular flexibility index (Phi) is 4.21. The molecule has 100 valence electrons. The first-order valence-electron chi connectivity index (χ1n) is 5.91. The molecule has 1 aromatic carbocycles. The molecular weight excluding hydrogens is 262 g/mol. The molecular formula is C13H15N3O2S. The summed E-state index contributed by atoms with van der Waals surface area (Å²) in [6.45, 7) is 2.10. The van der Waals surface area contributed by atoms with Crippen molar-refractivity contribution in [1.82, 2.24) is 4.98 Å². The Labute approximate surface area is 115 Å². The third kappa shape index (κ3) is 3.35. The van der Waals surface area contributed by atoms with Gasteiger partial charge < -0.3 is 5.32 Å². The van der Waals surface area contributed by atoms with Gasteiger partial charge >= 0.3 is 0 Å². The maximum absolute atomic E-state index is 10.7. The van der Waals surface area contributed by atoms with E-state index in [-0.39, 0.29) is 5.69 Å². The summed E-state index contributed by atoms with van der Waals surface area (Å²) >= 11 is 1.77. The van der Waals surface area contributed by atoms with Gasteiger partial charge in [0.25, 0.3) is 5.69 Å². The predicted octanol–water partition coefficient (Wildman–Crippen LogP) is 3.31. The number of aromatic nitrogens is 1. The lowest BCUT2D eigenvalue weighted by Crippen LogP contribution is -2.18. The monoisotopic (exact) mass is 277 g/mol. The van der Waals surface area contributed by atoms with E-state index in [1.54, 1.807) is 17.8 Å². The van der Waals surface area contributed by atoms with Crippen molar-refractivity contribution in [2.75, 3.05) is 17.3 Å². The van der Waals surface area contributed by atoms with E-state index < -0.39 is 4.92 Å². The van der Waals surface area contributed by atoms with Crippen LogP contribution < -0.4 is 5.32 Å². The van der Waals surface area contributed by atoms with E-state index in [0.29, 0.717) is 6.04 Å². The van der Waals surface area contributed by atoms with Crippen LogP contribution in [0, 0.1) is 10.1 Å². The molecule has 2 aromatic rings. The van der Waals surface area contributed by atoms with E-state index in [4.69, 9.17) is 0 Å². The molecule has 1 unspecified atom stereocenters. The van der Waals surface area contributed by atoms with Crippen LogP contribution in [0.1, 0.15) is 6.92 Å². The molecule has 0 saturated carbocycles. The van der Waals surface area contributed by atoms with Gasteiger partial charge in [-0.25, -0.2) is 4.98 Å². The van der Waals surface area contributed by atoms with Crippen LogP contribution in [0.5, 0.6) is 0 Å². The molecule has 2 rings (SSSR count). The number of rotatable bonds is 5. The average molecular weight is 277 g/mol. The number of benzene rings is 1. The Bertz CT molecular complexity index is 603. The molecule has 1 atom stereocenters. The van der Waals surface area contributed by atoms with Crippen LogP contribution in [0.15, 0.2) is 30.3 Å². The maximum atomic E-state index is 10.7. The molecule has 0 radical (unpaired) electrons. The highest BCUT2D eigenvalue weighted by Gasteiger charge is 2.08. The Hall–Kier alpha value is -1.82. The summed E-state index contributed by atoms with van der Waals surface area (Å²) in [7, 11) is 0. The minimum absolute atomic E-state index is 0.0887. The van der Waals surface area contributed by atoms with Crippen molar-refractivity contribution in [3.8, 4) is 0 Å². The zero-order valence-corrected chi connectivity index (χ0v) is 11.6. The molecule has 0 aliphatic heterocycles.